The van der Waals surface area contributed by atoms with Crippen molar-refractivity contribution in [3.63, 3.8) is 0 Å². The molecule has 1 aliphatic rings. The van der Waals surface area contributed by atoms with Crippen molar-refractivity contribution in [2.24, 2.45) is 0 Å². The van der Waals surface area contributed by atoms with Crippen LogP contribution >= 0.6 is 23.4 Å². The van der Waals surface area contributed by atoms with Gasteiger partial charge in [0, 0.05) is 25.5 Å². The van der Waals surface area contributed by atoms with E-state index in [1.165, 1.54) is 4.42 Å². The van der Waals surface area contributed by atoms with E-state index in [1.807, 2.05) is 20.8 Å². The highest BCUT2D eigenvalue weighted by Crippen LogP contribution is 2.26. The van der Waals surface area contributed by atoms with Crippen LogP contribution in [0.3, 0.4) is 0 Å². The molecule has 0 aliphatic carbocycles. The molecule has 0 radical (unpaired) electrons. The van der Waals surface area contributed by atoms with Crippen LogP contribution in [-0.2, 0) is 9.53 Å². The molecule has 2 unspecified atom stereocenters. The Balaban J connectivity index is 2.27. The van der Waals surface area contributed by atoms with Gasteiger partial charge in [-0.3, -0.25) is 0 Å². The number of nitrogens with zero attached hydrogens (tertiary/aromatic N) is 4. The molecular weight excluding hydrogens is 315 g/mol. The summed E-state index contributed by atoms with van der Waals surface area (Å²) in [6.07, 6.45) is 3.20. The van der Waals surface area contributed by atoms with Crippen molar-refractivity contribution in [2.75, 3.05) is 18.0 Å². The summed E-state index contributed by atoms with van der Waals surface area (Å²) in [6.45, 7) is 6.12. The molecule has 0 N–H and O–H groups in total. The zero-order valence-corrected chi connectivity index (χ0v) is 13.7. The van der Waals surface area contributed by atoms with Crippen molar-refractivity contribution in [2.45, 2.75) is 37.9 Å². The quantitative estimate of drug-likeness (QED) is 0.357. The molecule has 1 saturated heterocycles. The van der Waals surface area contributed by atoms with Crippen LogP contribution in [0.5, 0.6) is 0 Å². The first-order valence-corrected chi connectivity index (χ1v) is 7.38. The predicted molar refractivity (Wildman–Crippen MR) is 81.2 cm³/mol. The number of alkyl halides is 1. The fourth-order valence-corrected chi connectivity index (χ4v) is 2.77. The molecular formula is C13H18Cl2N4O2. The average Bonchev–Trinajstić information content (AvgIpc) is 2.36. The van der Waals surface area contributed by atoms with Gasteiger partial charge in [-0.15, -0.1) is 0 Å². The van der Waals surface area contributed by atoms with Gasteiger partial charge in [-0.25, -0.2) is 19.2 Å². The summed E-state index contributed by atoms with van der Waals surface area (Å²) in [4.78, 5) is 22.4. The zero-order valence-electron chi connectivity index (χ0n) is 12.2. The van der Waals surface area contributed by atoms with E-state index in [2.05, 4.69) is 9.97 Å². The van der Waals surface area contributed by atoms with Crippen LogP contribution in [0.4, 0.5) is 5.95 Å². The monoisotopic (exact) mass is 332 g/mol. The largest absolute Gasteiger partial charge is 0.458 e. The molecule has 1 aromatic heterocycles. The molecule has 0 amide bonds. The third-order valence-corrected chi connectivity index (χ3v) is 3.44. The molecule has 21 heavy (non-hydrogen) atoms. The van der Waals surface area contributed by atoms with E-state index in [-0.39, 0.29) is 6.54 Å². The summed E-state index contributed by atoms with van der Waals surface area (Å²) in [6, 6.07) is 1.05. The van der Waals surface area contributed by atoms with Gasteiger partial charge in [0.15, 0.2) is 0 Å². The van der Waals surface area contributed by atoms with Crippen molar-refractivity contribution in [1.29, 1.82) is 0 Å². The molecule has 116 valence electrons. The number of esters is 1. The number of carbonyl (C=O) groups is 1. The third kappa shape index (κ3) is 4.18. The lowest BCUT2D eigenvalue weighted by Crippen LogP contribution is -2.59. The van der Waals surface area contributed by atoms with Gasteiger partial charge in [0.2, 0.25) is 5.95 Å². The Hall–Kier alpha value is -1.11. The number of hydrogen-bond donors (Lipinski definition) is 0. The molecule has 0 bridgehead atoms. The molecule has 1 aromatic rings. The van der Waals surface area contributed by atoms with Crippen molar-refractivity contribution < 1.29 is 9.53 Å². The first kappa shape index (κ1) is 16.3. The number of aromatic nitrogens is 2. The third-order valence-electron chi connectivity index (χ3n) is 2.82. The van der Waals surface area contributed by atoms with Gasteiger partial charge in [-0.05, 0) is 38.6 Å². The van der Waals surface area contributed by atoms with Crippen molar-refractivity contribution in [1.82, 2.24) is 14.4 Å². The Morgan fingerprint density at radius 2 is 1.95 bits per heavy atom. The summed E-state index contributed by atoms with van der Waals surface area (Å²) in [7, 11) is 0. The van der Waals surface area contributed by atoms with Crippen LogP contribution < -0.4 is 4.90 Å². The van der Waals surface area contributed by atoms with Crippen LogP contribution in [0.15, 0.2) is 18.5 Å². The maximum Gasteiger partial charge on any atom is 0.330 e. The molecule has 2 rings (SSSR count). The van der Waals surface area contributed by atoms with E-state index >= 15 is 0 Å². The summed E-state index contributed by atoms with van der Waals surface area (Å²) < 4.78 is 6.92. The fraction of sp³-hybridized carbons (Fsp3) is 0.615. The van der Waals surface area contributed by atoms with Crippen molar-refractivity contribution >= 4 is 35.3 Å². The normalized spacial score (nSPS) is 24.0. The summed E-state index contributed by atoms with van der Waals surface area (Å²) in [5.41, 5.74) is -1.10. The lowest BCUT2D eigenvalue weighted by Gasteiger charge is -2.41. The molecule has 0 spiro atoms. The maximum atomic E-state index is 12.4. The van der Waals surface area contributed by atoms with E-state index in [4.69, 9.17) is 28.1 Å². The highest BCUT2D eigenvalue weighted by atomic mass is 35.5. The van der Waals surface area contributed by atoms with Crippen LogP contribution in [0.25, 0.3) is 0 Å². The lowest BCUT2D eigenvalue weighted by molar-refractivity contribution is -0.157. The summed E-state index contributed by atoms with van der Waals surface area (Å²) >= 11 is 12.4. The lowest BCUT2D eigenvalue weighted by atomic mass is 10.1. The Bertz CT molecular complexity index is 495. The molecule has 0 saturated carbocycles. The van der Waals surface area contributed by atoms with Gasteiger partial charge in [-0.2, -0.15) is 0 Å². The SMILES string of the molecule is CC(C)(C)OC(=O)C1CN(Cl)CC(Cl)N1c1ncccn1. The number of carbonyl (C=O) groups excluding carboxylic acids is 1. The maximum absolute atomic E-state index is 12.4. The van der Waals surface area contributed by atoms with Crippen LogP contribution in [0.1, 0.15) is 20.8 Å². The topological polar surface area (TPSA) is 58.6 Å². The van der Waals surface area contributed by atoms with E-state index in [9.17, 15) is 4.79 Å². The van der Waals surface area contributed by atoms with Crippen molar-refractivity contribution in [3.8, 4) is 0 Å². The average molecular weight is 333 g/mol. The Morgan fingerprint density at radius 3 is 2.52 bits per heavy atom. The minimum Gasteiger partial charge on any atom is -0.458 e. The van der Waals surface area contributed by atoms with Gasteiger partial charge >= 0.3 is 5.97 Å². The second kappa shape index (κ2) is 6.34. The Labute approximate surface area is 134 Å². The number of hydrogen-bond acceptors (Lipinski definition) is 6. The molecule has 6 nitrogen and oxygen atoms in total. The van der Waals surface area contributed by atoms with E-state index in [0.717, 1.165) is 0 Å². The van der Waals surface area contributed by atoms with Gasteiger partial charge in [0.25, 0.3) is 0 Å². The molecule has 2 atom stereocenters. The highest BCUT2D eigenvalue weighted by molar-refractivity contribution is 6.23. The standard InChI is InChI=1S/C13H18Cl2N4O2/c1-13(2,3)21-11(20)9-7-18(15)8-10(14)19(9)12-16-5-4-6-17-12/h4-6,9-10H,7-8H2,1-3H3. The number of rotatable bonds is 2. The minimum atomic E-state index is -0.652. The predicted octanol–water partition coefficient (Wildman–Crippen LogP) is 2.03. The molecule has 8 heteroatoms. The molecule has 1 fully saturated rings. The minimum absolute atomic E-state index is 0.290. The summed E-state index contributed by atoms with van der Waals surface area (Å²) in [5.74, 6) is -0.0101. The molecule has 0 aromatic carbocycles. The zero-order chi connectivity index (χ0) is 15.6. The van der Waals surface area contributed by atoms with Crippen LogP contribution in [-0.4, -0.2) is 50.6 Å². The van der Waals surface area contributed by atoms with Gasteiger partial charge in [0.05, 0.1) is 0 Å². The Kier molecular flexibility index (Phi) is 4.91. The Morgan fingerprint density at radius 1 is 1.33 bits per heavy atom. The van der Waals surface area contributed by atoms with Gasteiger partial charge in [-0.1, -0.05) is 11.6 Å². The number of anilines is 1. The first-order valence-electron chi connectivity index (χ1n) is 6.61. The second-order valence-electron chi connectivity index (χ2n) is 5.77. The van der Waals surface area contributed by atoms with E-state index in [0.29, 0.717) is 12.5 Å². The fourth-order valence-electron chi connectivity index (χ4n) is 2.04. The molecule has 2 heterocycles. The van der Waals surface area contributed by atoms with Gasteiger partial charge in [0.1, 0.15) is 17.1 Å². The highest BCUT2D eigenvalue weighted by Gasteiger charge is 2.41. The first-order chi connectivity index (χ1) is 9.78. The number of halogens is 2. The second-order valence-corrected chi connectivity index (χ2v) is 6.75. The number of ether oxygens (including phenoxy) is 1. The van der Waals surface area contributed by atoms with E-state index < -0.39 is 23.1 Å². The summed E-state index contributed by atoms with van der Waals surface area (Å²) in [5, 5.41) is 0. The van der Waals surface area contributed by atoms with Crippen molar-refractivity contribution in [3.05, 3.63) is 18.5 Å². The van der Waals surface area contributed by atoms with Crippen LogP contribution in [0, 0.1) is 0 Å². The smallest absolute Gasteiger partial charge is 0.330 e. The van der Waals surface area contributed by atoms with Crippen LogP contribution in [0.2, 0.25) is 0 Å². The molecule has 1 aliphatic heterocycles. The van der Waals surface area contributed by atoms with E-state index in [1.54, 1.807) is 23.4 Å². The number of piperazine rings is 1. The van der Waals surface area contributed by atoms with Gasteiger partial charge < -0.3 is 9.64 Å².